The zero-order valence-corrected chi connectivity index (χ0v) is 7.57. The maximum atomic E-state index is 11.3. The van der Waals surface area contributed by atoms with E-state index >= 15 is 0 Å². The van der Waals surface area contributed by atoms with Crippen molar-refractivity contribution >= 4 is 10.1 Å². The number of nitrogens with zero attached hydrogens (tertiary/aromatic N) is 2. The second kappa shape index (κ2) is 2.95. The van der Waals surface area contributed by atoms with Gasteiger partial charge < -0.3 is 4.18 Å². The van der Waals surface area contributed by atoms with Crippen LogP contribution >= 0.6 is 0 Å². The highest BCUT2D eigenvalue weighted by atomic mass is 32.2. The fourth-order valence-electron chi connectivity index (χ4n) is 0.887. The summed E-state index contributed by atoms with van der Waals surface area (Å²) in [5.41, 5.74) is 0. The van der Waals surface area contributed by atoms with Crippen LogP contribution < -0.4 is 4.18 Å². The van der Waals surface area contributed by atoms with Crippen molar-refractivity contribution in [1.29, 1.82) is 0 Å². The first-order valence-corrected chi connectivity index (χ1v) is 5.34. The van der Waals surface area contributed by atoms with Crippen LogP contribution in [-0.2, 0) is 10.1 Å². The Kier molecular flexibility index (Phi) is 1.91. The minimum Gasteiger partial charge on any atom is -0.379 e. The van der Waals surface area contributed by atoms with E-state index in [0.29, 0.717) is 12.8 Å². The van der Waals surface area contributed by atoms with E-state index in [1.165, 1.54) is 18.7 Å². The van der Waals surface area contributed by atoms with Crippen molar-refractivity contribution in [3.63, 3.8) is 0 Å². The van der Waals surface area contributed by atoms with Gasteiger partial charge in [0.1, 0.15) is 6.33 Å². The second-order valence-corrected chi connectivity index (χ2v) is 4.67. The molecule has 0 N–H and O–H groups in total. The summed E-state index contributed by atoms with van der Waals surface area (Å²) in [6, 6.07) is 0. The van der Waals surface area contributed by atoms with Crippen LogP contribution in [0, 0.1) is 0 Å². The molecule has 0 spiro atoms. The number of hydrogen-bond donors (Lipinski definition) is 0. The van der Waals surface area contributed by atoms with Crippen LogP contribution in [0.4, 0.5) is 0 Å². The molecular weight excluding hydrogens is 192 g/mol. The van der Waals surface area contributed by atoms with Crippen molar-refractivity contribution in [3.05, 3.63) is 18.7 Å². The molecule has 0 atom stereocenters. The molecule has 1 fully saturated rings. The molecule has 1 aromatic rings. The van der Waals surface area contributed by atoms with Gasteiger partial charge in [0.25, 0.3) is 0 Å². The zero-order valence-electron chi connectivity index (χ0n) is 6.75. The molecule has 0 bridgehead atoms. The summed E-state index contributed by atoms with van der Waals surface area (Å²) >= 11 is 0. The highest BCUT2D eigenvalue weighted by Gasteiger charge is 2.37. The van der Waals surface area contributed by atoms with Crippen molar-refractivity contribution in [2.24, 2.45) is 0 Å². The molecule has 0 aliphatic heterocycles. The molecule has 13 heavy (non-hydrogen) atoms. The number of hydrogen-bond acceptors (Lipinski definition) is 5. The third kappa shape index (κ3) is 1.95. The van der Waals surface area contributed by atoms with Crippen LogP contribution in [0.15, 0.2) is 18.7 Å². The Bertz CT molecular complexity index is 385. The standard InChI is InChI=1S/C7H8N2O3S/c10-13(11,7-1-2-7)12-6-3-8-5-9-4-6/h3-5,7H,1-2H2. The van der Waals surface area contributed by atoms with Crippen LogP contribution in [0.3, 0.4) is 0 Å². The Morgan fingerprint density at radius 1 is 1.31 bits per heavy atom. The fraction of sp³-hybridized carbons (Fsp3) is 0.429. The second-order valence-electron chi connectivity index (χ2n) is 2.85. The third-order valence-electron chi connectivity index (χ3n) is 1.68. The van der Waals surface area contributed by atoms with Crippen molar-refractivity contribution in [1.82, 2.24) is 9.97 Å². The van der Waals surface area contributed by atoms with Gasteiger partial charge in [0.15, 0.2) is 5.75 Å². The van der Waals surface area contributed by atoms with Crippen molar-refractivity contribution in [3.8, 4) is 5.75 Å². The molecule has 1 aromatic heterocycles. The molecule has 5 nitrogen and oxygen atoms in total. The SMILES string of the molecule is O=S(=O)(Oc1cncnc1)C1CC1. The van der Waals surface area contributed by atoms with E-state index in [0.717, 1.165) is 0 Å². The topological polar surface area (TPSA) is 69.2 Å². The van der Waals surface area contributed by atoms with Crippen LogP contribution in [0.5, 0.6) is 5.75 Å². The Morgan fingerprint density at radius 2 is 1.92 bits per heavy atom. The number of rotatable bonds is 3. The monoisotopic (exact) mass is 200 g/mol. The smallest absolute Gasteiger partial charge is 0.312 e. The predicted octanol–water partition coefficient (Wildman–Crippen LogP) is 0.348. The maximum absolute atomic E-state index is 11.3. The lowest BCUT2D eigenvalue weighted by Gasteiger charge is -2.03. The first-order chi connectivity index (χ1) is 6.18. The first-order valence-electron chi connectivity index (χ1n) is 3.87. The van der Waals surface area contributed by atoms with Gasteiger partial charge in [0.2, 0.25) is 0 Å². The van der Waals surface area contributed by atoms with Gasteiger partial charge in [0.05, 0.1) is 17.6 Å². The molecule has 2 rings (SSSR count). The van der Waals surface area contributed by atoms with Gasteiger partial charge in [-0.25, -0.2) is 9.97 Å². The molecule has 0 radical (unpaired) electrons. The average Bonchev–Trinajstić information content (AvgIpc) is 2.87. The van der Waals surface area contributed by atoms with Gasteiger partial charge in [-0.2, -0.15) is 8.42 Å². The van der Waals surface area contributed by atoms with Crippen LogP contribution in [-0.4, -0.2) is 23.6 Å². The molecular formula is C7H8N2O3S. The number of aromatic nitrogens is 2. The normalized spacial score (nSPS) is 16.9. The van der Waals surface area contributed by atoms with Crippen LogP contribution in [0.2, 0.25) is 0 Å². The van der Waals surface area contributed by atoms with E-state index in [1.54, 1.807) is 0 Å². The zero-order chi connectivity index (χ0) is 9.31. The molecule has 1 aliphatic carbocycles. The van der Waals surface area contributed by atoms with Crippen LogP contribution in [0.1, 0.15) is 12.8 Å². The predicted molar refractivity (Wildman–Crippen MR) is 44.6 cm³/mol. The molecule has 1 saturated carbocycles. The summed E-state index contributed by atoms with van der Waals surface area (Å²) in [7, 11) is -3.42. The van der Waals surface area contributed by atoms with Gasteiger partial charge in [-0.15, -0.1) is 0 Å². The summed E-state index contributed by atoms with van der Waals surface area (Å²) in [6.07, 6.45) is 5.35. The average molecular weight is 200 g/mol. The Morgan fingerprint density at radius 3 is 2.46 bits per heavy atom. The Hall–Kier alpha value is -1.17. The summed E-state index contributed by atoms with van der Waals surface area (Å²) < 4.78 is 27.3. The van der Waals surface area contributed by atoms with E-state index < -0.39 is 10.1 Å². The molecule has 1 aliphatic rings. The van der Waals surface area contributed by atoms with Gasteiger partial charge in [-0.3, -0.25) is 0 Å². The molecule has 1 heterocycles. The largest absolute Gasteiger partial charge is 0.379 e. The minimum absolute atomic E-state index is 0.175. The fourth-order valence-corrected chi connectivity index (χ4v) is 2.09. The van der Waals surface area contributed by atoms with E-state index in [9.17, 15) is 8.42 Å². The van der Waals surface area contributed by atoms with E-state index in [2.05, 4.69) is 9.97 Å². The maximum Gasteiger partial charge on any atom is 0.312 e. The Labute approximate surface area is 75.9 Å². The summed E-state index contributed by atoms with van der Waals surface area (Å²) in [4.78, 5) is 7.30. The molecule has 0 saturated heterocycles. The summed E-state index contributed by atoms with van der Waals surface area (Å²) in [5, 5.41) is -0.326. The quantitative estimate of drug-likeness (QED) is 0.658. The van der Waals surface area contributed by atoms with E-state index in [-0.39, 0.29) is 11.0 Å². The molecule has 70 valence electrons. The lowest BCUT2D eigenvalue weighted by Crippen LogP contribution is -2.14. The lowest BCUT2D eigenvalue weighted by molar-refractivity contribution is 0.482. The molecule has 0 amide bonds. The Balaban J connectivity index is 2.14. The van der Waals surface area contributed by atoms with Crippen molar-refractivity contribution in [2.75, 3.05) is 0 Å². The third-order valence-corrected chi connectivity index (χ3v) is 3.39. The van der Waals surface area contributed by atoms with E-state index in [1.807, 2.05) is 0 Å². The highest BCUT2D eigenvalue weighted by molar-refractivity contribution is 7.88. The van der Waals surface area contributed by atoms with Gasteiger partial charge >= 0.3 is 10.1 Å². The van der Waals surface area contributed by atoms with Crippen molar-refractivity contribution < 1.29 is 12.6 Å². The lowest BCUT2D eigenvalue weighted by atomic mass is 10.6. The summed E-state index contributed by atoms with van der Waals surface area (Å²) in [6.45, 7) is 0. The summed E-state index contributed by atoms with van der Waals surface area (Å²) in [5.74, 6) is 0.175. The van der Waals surface area contributed by atoms with Gasteiger partial charge in [0, 0.05) is 0 Å². The van der Waals surface area contributed by atoms with Gasteiger partial charge in [-0.1, -0.05) is 0 Å². The highest BCUT2D eigenvalue weighted by Crippen LogP contribution is 2.30. The van der Waals surface area contributed by atoms with E-state index in [4.69, 9.17) is 4.18 Å². The molecule has 0 aromatic carbocycles. The van der Waals surface area contributed by atoms with Crippen LogP contribution in [0.25, 0.3) is 0 Å². The molecule has 6 heteroatoms. The van der Waals surface area contributed by atoms with Crippen molar-refractivity contribution in [2.45, 2.75) is 18.1 Å². The molecule has 0 unspecified atom stereocenters. The first kappa shape index (κ1) is 8.43. The van der Waals surface area contributed by atoms with Gasteiger partial charge in [-0.05, 0) is 12.8 Å². The minimum atomic E-state index is -3.42.